The van der Waals surface area contributed by atoms with Gasteiger partial charge < -0.3 is 5.73 Å². The minimum atomic E-state index is -0.682. The SMILES string of the molecule is CC(C)(C#N)CC(=O)c1cc(Br)cc(Br)c1N. The van der Waals surface area contributed by atoms with Gasteiger partial charge in [-0.05, 0) is 41.9 Å². The van der Waals surface area contributed by atoms with Crippen LogP contribution in [-0.4, -0.2) is 5.78 Å². The van der Waals surface area contributed by atoms with Crippen molar-refractivity contribution in [3.05, 3.63) is 26.6 Å². The highest BCUT2D eigenvalue weighted by Crippen LogP contribution is 2.31. The first-order valence-electron chi connectivity index (χ1n) is 4.96. The summed E-state index contributed by atoms with van der Waals surface area (Å²) in [5.74, 6) is -0.129. The monoisotopic (exact) mass is 358 g/mol. The molecule has 2 N–H and O–H groups in total. The lowest BCUT2D eigenvalue weighted by Gasteiger charge is -2.15. The van der Waals surface area contributed by atoms with E-state index in [0.29, 0.717) is 15.7 Å². The van der Waals surface area contributed by atoms with Crippen LogP contribution in [0.15, 0.2) is 21.1 Å². The van der Waals surface area contributed by atoms with Crippen molar-refractivity contribution in [1.82, 2.24) is 0 Å². The number of nitrogens with two attached hydrogens (primary N) is 1. The molecule has 0 aromatic heterocycles. The average molecular weight is 360 g/mol. The Kier molecular flexibility index (Phi) is 4.34. The maximum atomic E-state index is 12.1. The molecule has 0 atom stereocenters. The van der Waals surface area contributed by atoms with Crippen molar-refractivity contribution < 1.29 is 4.79 Å². The molecule has 0 spiro atoms. The molecule has 0 saturated heterocycles. The first kappa shape index (κ1) is 14.2. The van der Waals surface area contributed by atoms with Crippen molar-refractivity contribution in [3.8, 4) is 6.07 Å². The van der Waals surface area contributed by atoms with Gasteiger partial charge in [0.2, 0.25) is 0 Å². The van der Waals surface area contributed by atoms with E-state index in [-0.39, 0.29) is 12.2 Å². The Labute approximate surface area is 117 Å². The Balaban J connectivity index is 3.10. The molecule has 5 heteroatoms. The quantitative estimate of drug-likeness (QED) is 0.657. The number of benzene rings is 1. The lowest BCUT2D eigenvalue weighted by atomic mass is 9.87. The van der Waals surface area contributed by atoms with E-state index in [2.05, 4.69) is 37.9 Å². The van der Waals surface area contributed by atoms with E-state index < -0.39 is 5.41 Å². The number of nitrogen functional groups attached to an aromatic ring is 1. The zero-order valence-electron chi connectivity index (χ0n) is 9.55. The third-order valence-electron chi connectivity index (χ3n) is 2.30. The summed E-state index contributed by atoms with van der Waals surface area (Å²) in [4.78, 5) is 12.1. The minimum Gasteiger partial charge on any atom is -0.397 e. The van der Waals surface area contributed by atoms with Crippen LogP contribution in [0.25, 0.3) is 0 Å². The van der Waals surface area contributed by atoms with Crippen LogP contribution in [-0.2, 0) is 0 Å². The van der Waals surface area contributed by atoms with E-state index in [4.69, 9.17) is 11.0 Å². The van der Waals surface area contributed by atoms with Crippen LogP contribution in [0.3, 0.4) is 0 Å². The molecule has 0 amide bonds. The van der Waals surface area contributed by atoms with Crippen LogP contribution in [0.5, 0.6) is 0 Å². The Morgan fingerprint density at radius 1 is 1.47 bits per heavy atom. The molecule has 0 heterocycles. The number of Topliss-reactive ketones (excluding diaryl/α,β-unsaturated/α-hetero) is 1. The molecule has 0 unspecified atom stereocenters. The highest BCUT2D eigenvalue weighted by molar-refractivity contribution is 9.11. The van der Waals surface area contributed by atoms with Crippen molar-refractivity contribution in [2.75, 3.05) is 5.73 Å². The first-order chi connectivity index (χ1) is 7.76. The van der Waals surface area contributed by atoms with Crippen molar-refractivity contribution in [2.45, 2.75) is 20.3 Å². The van der Waals surface area contributed by atoms with E-state index >= 15 is 0 Å². The molecule has 1 aromatic carbocycles. The topological polar surface area (TPSA) is 66.9 Å². The van der Waals surface area contributed by atoms with E-state index in [1.54, 1.807) is 26.0 Å². The van der Waals surface area contributed by atoms with Gasteiger partial charge in [0.15, 0.2) is 5.78 Å². The van der Waals surface area contributed by atoms with Gasteiger partial charge >= 0.3 is 0 Å². The maximum absolute atomic E-state index is 12.1. The summed E-state index contributed by atoms with van der Waals surface area (Å²) in [6.07, 6.45) is 0.149. The molecule has 0 saturated carbocycles. The summed E-state index contributed by atoms with van der Waals surface area (Å²) in [6, 6.07) is 5.56. The summed E-state index contributed by atoms with van der Waals surface area (Å²) in [5.41, 5.74) is 6.01. The summed E-state index contributed by atoms with van der Waals surface area (Å²) in [7, 11) is 0. The Morgan fingerprint density at radius 3 is 2.59 bits per heavy atom. The fourth-order valence-corrected chi connectivity index (χ4v) is 2.58. The second-order valence-corrected chi connectivity index (χ2v) is 6.21. The van der Waals surface area contributed by atoms with Crippen molar-refractivity contribution >= 4 is 43.3 Å². The molecular weight excluding hydrogens is 348 g/mol. The van der Waals surface area contributed by atoms with Crippen LogP contribution in [0, 0.1) is 16.7 Å². The molecule has 0 radical (unpaired) electrons. The molecule has 17 heavy (non-hydrogen) atoms. The highest BCUT2D eigenvalue weighted by atomic mass is 79.9. The Morgan fingerprint density at radius 2 is 2.06 bits per heavy atom. The largest absolute Gasteiger partial charge is 0.397 e. The van der Waals surface area contributed by atoms with Gasteiger partial charge in [-0.1, -0.05) is 15.9 Å². The van der Waals surface area contributed by atoms with Crippen LogP contribution in [0.2, 0.25) is 0 Å². The fourth-order valence-electron chi connectivity index (χ4n) is 1.35. The van der Waals surface area contributed by atoms with Gasteiger partial charge in [0.25, 0.3) is 0 Å². The number of nitriles is 1. The Bertz CT molecular complexity index is 504. The first-order valence-corrected chi connectivity index (χ1v) is 6.54. The summed E-state index contributed by atoms with van der Waals surface area (Å²) in [5, 5.41) is 8.92. The number of hydrogen-bond donors (Lipinski definition) is 1. The molecule has 0 aliphatic carbocycles. The number of hydrogen-bond acceptors (Lipinski definition) is 3. The van der Waals surface area contributed by atoms with Crippen LogP contribution in [0.1, 0.15) is 30.6 Å². The number of ketones is 1. The van der Waals surface area contributed by atoms with Gasteiger partial charge in [-0.2, -0.15) is 5.26 Å². The van der Waals surface area contributed by atoms with E-state index in [1.807, 2.05) is 0 Å². The Hall–Kier alpha value is -0.860. The van der Waals surface area contributed by atoms with Crippen molar-refractivity contribution in [2.24, 2.45) is 5.41 Å². The lowest BCUT2D eigenvalue weighted by molar-refractivity contribution is 0.0953. The number of carbonyl (C=O) groups is 1. The average Bonchev–Trinajstić information content (AvgIpc) is 2.22. The van der Waals surface area contributed by atoms with Gasteiger partial charge in [-0.3, -0.25) is 4.79 Å². The van der Waals surface area contributed by atoms with Gasteiger partial charge in [0.1, 0.15) is 0 Å². The predicted molar refractivity (Wildman–Crippen MR) is 74.6 cm³/mol. The zero-order chi connectivity index (χ0) is 13.2. The third-order valence-corrected chi connectivity index (χ3v) is 3.41. The number of anilines is 1. The van der Waals surface area contributed by atoms with E-state index in [9.17, 15) is 4.79 Å². The minimum absolute atomic E-state index is 0.129. The molecular formula is C12H12Br2N2O. The van der Waals surface area contributed by atoms with E-state index in [1.165, 1.54) is 0 Å². The molecule has 0 aliphatic heterocycles. The normalized spacial score (nSPS) is 11.0. The van der Waals surface area contributed by atoms with Crippen LogP contribution >= 0.6 is 31.9 Å². The standard InChI is InChI=1S/C12H12Br2N2O/c1-12(2,6-15)5-10(17)8-3-7(13)4-9(14)11(8)16/h3-4H,5,16H2,1-2H3. The molecule has 1 aromatic rings. The van der Waals surface area contributed by atoms with E-state index in [0.717, 1.165) is 4.47 Å². The summed E-state index contributed by atoms with van der Waals surface area (Å²) < 4.78 is 1.45. The second-order valence-electron chi connectivity index (χ2n) is 4.44. The zero-order valence-corrected chi connectivity index (χ0v) is 12.7. The highest BCUT2D eigenvalue weighted by Gasteiger charge is 2.24. The summed E-state index contributed by atoms with van der Waals surface area (Å²) >= 11 is 6.60. The van der Waals surface area contributed by atoms with Crippen LogP contribution in [0.4, 0.5) is 5.69 Å². The third kappa shape index (κ3) is 3.55. The van der Waals surface area contributed by atoms with Crippen LogP contribution < -0.4 is 5.73 Å². The molecule has 0 fully saturated rings. The summed E-state index contributed by atoms with van der Waals surface area (Å²) in [6.45, 7) is 3.46. The number of nitrogens with zero attached hydrogens (tertiary/aromatic N) is 1. The van der Waals surface area contributed by atoms with Gasteiger partial charge in [0.05, 0.1) is 17.2 Å². The molecule has 0 bridgehead atoms. The molecule has 0 aliphatic rings. The number of rotatable bonds is 3. The number of carbonyl (C=O) groups excluding carboxylic acids is 1. The smallest absolute Gasteiger partial charge is 0.166 e. The predicted octanol–water partition coefficient (Wildman–Crippen LogP) is 3.92. The molecule has 1 rings (SSSR count). The van der Waals surface area contributed by atoms with Crippen molar-refractivity contribution in [3.63, 3.8) is 0 Å². The van der Waals surface area contributed by atoms with Gasteiger partial charge in [0, 0.05) is 20.9 Å². The van der Waals surface area contributed by atoms with Gasteiger partial charge in [-0.25, -0.2) is 0 Å². The molecule has 90 valence electrons. The van der Waals surface area contributed by atoms with Crippen molar-refractivity contribution in [1.29, 1.82) is 5.26 Å². The lowest BCUT2D eigenvalue weighted by Crippen LogP contribution is -2.16. The second kappa shape index (κ2) is 5.19. The fraction of sp³-hybridized carbons (Fsp3) is 0.333. The maximum Gasteiger partial charge on any atom is 0.166 e. The number of halogens is 2. The van der Waals surface area contributed by atoms with Gasteiger partial charge in [-0.15, -0.1) is 0 Å². The molecule has 3 nitrogen and oxygen atoms in total.